The van der Waals surface area contributed by atoms with E-state index in [4.69, 9.17) is 0 Å². The van der Waals surface area contributed by atoms with Crippen molar-refractivity contribution >= 4 is 11.7 Å². The van der Waals surface area contributed by atoms with Gasteiger partial charge in [0, 0.05) is 24.6 Å². The monoisotopic (exact) mass is 455 g/mol. The average Bonchev–Trinajstić information content (AvgIpc) is 3.44. The van der Waals surface area contributed by atoms with Crippen LogP contribution < -0.4 is 4.90 Å². The number of rotatable bonds is 4. The Bertz CT molecular complexity index is 1100. The second-order valence-electron chi connectivity index (χ2n) is 8.78. The van der Waals surface area contributed by atoms with Crippen molar-refractivity contribution in [2.75, 3.05) is 11.4 Å². The Morgan fingerprint density at radius 1 is 0.970 bits per heavy atom. The summed E-state index contributed by atoms with van der Waals surface area (Å²) in [6, 6.07) is 10.1. The molecule has 3 heterocycles. The molecule has 1 spiro atoms. The molecule has 2 aliphatic rings. The highest BCUT2D eigenvalue weighted by atomic mass is 19.4. The van der Waals surface area contributed by atoms with E-state index in [1.807, 2.05) is 39.9 Å². The highest BCUT2D eigenvalue weighted by Crippen LogP contribution is 2.42. The number of hydrogen-bond donors (Lipinski definition) is 0. The van der Waals surface area contributed by atoms with Crippen molar-refractivity contribution in [3.63, 3.8) is 0 Å². The first kappa shape index (κ1) is 21.5. The second-order valence-corrected chi connectivity index (χ2v) is 8.78. The van der Waals surface area contributed by atoms with Crippen molar-refractivity contribution in [2.24, 2.45) is 0 Å². The number of anilines is 1. The molecule has 0 bridgehead atoms. The Morgan fingerprint density at radius 3 is 2.30 bits per heavy atom. The molecule has 1 aliphatic heterocycles. The van der Waals surface area contributed by atoms with Gasteiger partial charge in [0.25, 0.3) is 0 Å². The molecule has 1 aromatic carbocycles. The maximum atomic E-state index is 13.5. The van der Waals surface area contributed by atoms with Gasteiger partial charge in [0.05, 0.1) is 30.3 Å². The molecule has 9 heteroatoms. The minimum atomic E-state index is -4.51. The summed E-state index contributed by atoms with van der Waals surface area (Å²) in [4.78, 5) is 24.6. The lowest BCUT2D eigenvalue weighted by molar-refractivity contribution is -0.141. The van der Waals surface area contributed by atoms with E-state index in [2.05, 4.69) is 9.97 Å². The summed E-state index contributed by atoms with van der Waals surface area (Å²) in [6.07, 6.45) is 6.92. The van der Waals surface area contributed by atoms with Crippen LogP contribution in [-0.2, 0) is 12.7 Å². The highest BCUT2D eigenvalue weighted by molar-refractivity contribution is 5.95. The van der Waals surface area contributed by atoms with Crippen LogP contribution in [0.25, 0.3) is 5.69 Å². The molecule has 3 aromatic rings. The topological polar surface area (TPSA) is 54.3 Å². The third-order valence-corrected chi connectivity index (χ3v) is 6.70. The lowest BCUT2D eigenvalue weighted by Crippen LogP contribution is -2.48. The van der Waals surface area contributed by atoms with Crippen LogP contribution in [0.4, 0.5) is 23.7 Å². The van der Waals surface area contributed by atoms with Crippen LogP contribution in [0.3, 0.4) is 0 Å². The van der Waals surface area contributed by atoms with Crippen LogP contribution in [0.15, 0.2) is 61.3 Å². The third kappa shape index (κ3) is 4.07. The molecule has 6 nitrogen and oxygen atoms in total. The molecule has 2 fully saturated rings. The molecule has 1 aliphatic carbocycles. The van der Waals surface area contributed by atoms with E-state index in [0.717, 1.165) is 55.6 Å². The van der Waals surface area contributed by atoms with E-state index in [1.165, 1.54) is 6.07 Å². The van der Waals surface area contributed by atoms with Gasteiger partial charge in [-0.2, -0.15) is 13.2 Å². The number of nitrogens with zero attached hydrogens (tertiary/aromatic N) is 5. The maximum Gasteiger partial charge on any atom is 0.433 e. The molecule has 2 amide bonds. The van der Waals surface area contributed by atoms with E-state index in [0.29, 0.717) is 18.8 Å². The Kier molecular flexibility index (Phi) is 5.34. The standard InChI is InChI=1S/C24H24F3N5O/c25-24(26,27)21-9-8-20(14-29-21)31-16-23(10-2-1-3-11-23)32(22(31)33)15-18-4-6-19(7-5-18)30-13-12-28-17-30/h4-9,12-14,17H,1-3,10-11,15-16H2. The van der Waals surface area contributed by atoms with E-state index in [-0.39, 0.29) is 11.6 Å². The van der Waals surface area contributed by atoms with Gasteiger partial charge in [-0.15, -0.1) is 0 Å². The summed E-state index contributed by atoms with van der Waals surface area (Å²) in [7, 11) is 0. The van der Waals surface area contributed by atoms with Gasteiger partial charge >= 0.3 is 12.2 Å². The number of alkyl halides is 3. The highest BCUT2D eigenvalue weighted by Gasteiger charge is 2.50. The quantitative estimate of drug-likeness (QED) is 0.527. The molecule has 0 radical (unpaired) electrons. The first-order valence-electron chi connectivity index (χ1n) is 11.1. The molecule has 1 saturated heterocycles. The van der Waals surface area contributed by atoms with Crippen LogP contribution in [0.5, 0.6) is 0 Å². The summed E-state index contributed by atoms with van der Waals surface area (Å²) in [5.41, 5.74) is 1.11. The fraction of sp³-hybridized carbons (Fsp3) is 0.375. The summed E-state index contributed by atoms with van der Waals surface area (Å²) in [5.74, 6) is 0. The van der Waals surface area contributed by atoms with Gasteiger partial charge in [-0.1, -0.05) is 31.4 Å². The van der Waals surface area contributed by atoms with Gasteiger partial charge in [0.15, 0.2) is 0 Å². The Hall–Kier alpha value is -3.36. The molecule has 0 unspecified atom stereocenters. The Morgan fingerprint density at radius 2 is 1.70 bits per heavy atom. The summed E-state index contributed by atoms with van der Waals surface area (Å²) in [5, 5.41) is 0. The molecule has 5 rings (SSSR count). The van der Waals surface area contributed by atoms with Gasteiger partial charge < -0.3 is 9.47 Å². The predicted octanol–water partition coefficient (Wildman–Crippen LogP) is 5.43. The molecule has 172 valence electrons. The van der Waals surface area contributed by atoms with Crippen LogP contribution in [0, 0.1) is 0 Å². The number of aromatic nitrogens is 3. The van der Waals surface area contributed by atoms with Crippen LogP contribution in [-0.4, -0.2) is 37.5 Å². The zero-order valence-electron chi connectivity index (χ0n) is 18.0. The van der Waals surface area contributed by atoms with Crippen molar-refractivity contribution in [2.45, 2.75) is 50.4 Å². The van der Waals surface area contributed by atoms with Crippen molar-refractivity contribution in [1.82, 2.24) is 19.4 Å². The van der Waals surface area contributed by atoms with Crippen LogP contribution in [0.1, 0.15) is 43.4 Å². The molecule has 1 saturated carbocycles. The molecule has 33 heavy (non-hydrogen) atoms. The molecule has 2 aromatic heterocycles. The largest absolute Gasteiger partial charge is 0.433 e. The molecular formula is C24H24F3N5O. The molecule has 0 atom stereocenters. The summed E-state index contributed by atoms with van der Waals surface area (Å²) >= 11 is 0. The van der Waals surface area contributed by atoms with Gasteiger partial charge in [-0.3, -0.25) is 4.90 Å². The SMILES string of the molecule is O=C1N(c2ccc(C(F)(F)F)nc2)CC2(CCCCC2)N1Cc1ccc(-n2ccnc2)cc1. The van der Waals surface area contributed by atoms with Crippen molar-refractivity contribution in [1.29, 1.82) is 0 Å². The fourth-order valence-electron chi connectivity index (χ4n) is 4.95. The number of pyridine rings is 1. The molecular weight excluding hydrogens is 431 g/mol. The number of benzene rings is 1. The van der Waals surface area contributed by atoms with Crippen LogP contribution >= 0.6 is 0 Å². The van der Waals surface area contributed by atoms with Crippen molar-refractivity contribution < 1.29 is 18.0 Å². The average molecular weight is 455 g/mol. The van der Waals surface area contributed by atoms with Crippen molar-refractivity contribution in [3.05, 3.63) is 72.6 Å². The number of amides is 2. The first-order chi connectivity index (χ1) is 15.9. The van der Waals surface area contributed by atoms with Gasteiger partial charge in [0.1, 0.15) is 5.69 Å². The lowest BCUT2D eigenvalue weighted by atomic mass is 9.81. The van der Waals surface area contributed by atoms with E-state index in [1.54, 1.807) is 17.4 Å². The van der Waals surface area contributed by atoms with Crippen molar-refractivity contribution in [3.8, 4) is 5.69 Å². The second kappa shape index (κ2) is 8.20. The molecule has 0 N–H and O–H groups in total. The maximum absolute atomic E-state index is 13.5. The number of urea groups is 1. The smallest absolute Gasteiger partial charge is 0.313 e. The minimum absolute atomic E-state index is 0.183. The summed E-state index contributed by atoms with van der Waals surface area (Å²) in [6.45, 7) is 0.916. The van der Waals surface area contributed by atoms with E-state index in [9.17, 15) is 18.0 Å². The number of imidazole rings is 1. The lowest BCUT2D eigenvalue weighted by Gasteiger charge is -2.40. The zero-order chi connectivity index (χ0) is 23.1. The number of hydrogen-bond acceptors (Lipinski definition) is 3. The fourth-order valence-corrected chi connectivity index (χ4v) is 4.95. The zero-order valence-corrected chi connectivity index (χ0v) is 18.0. The van der Waals surface area contributed by atoms with Crippen LogP contribution in [0.2, 0.25) is 0 Å². The first-order valence-corrected chi connectivity index (χ1v) is 11.1. The van der Waals surface area contributed by atoms with Gasteiger partial charge in [0.2, 0.25) is 0 Å². The van der Waals surface area contributed by atoms with Gasteiger partial charge in [-0.25, -0.2) is 14.8 Å². The normalized spacial score (nSPS) is 18.3. The third-order valence-electron chi connectivity index (χ3n) is 6.70. The summed E-state index contributed by atoms with van der Waals surface area (Å²) < 4.78 is 40.7. The Labute approximate surface area is 189 Å². The Balaban J connectivity index is 1.41. The number of carbonyl (C=O) groups is 1. The number of halogens is 3. The van der Waals surface area contributed by atoms with E-state index >= 15 is 0 Å². The number of carbonyl (C=O) groups excluding carboxylic acids is 1. The predicted molar refractivity (Wildman–Crippen MR) is 117 cm³/mol. The van der Waals surface area contributed by atoms with Gasteiger partial charge in [-0.05, 0) is 42.7 Å². The minimum Gasteiger partial charge on any atom is -0.313 e. The van der Waals surface area contributed by atoms with E-state index < -0.39 is 11.9 Å².